The van der Waals surface area contributed by atoms with Crippen molar-refractivity contribution in [3.05, 3.63) is 108 Å². The molecule has 3 aromatic rings. The predicted octanol–water partition coefficient (Wildman–Crippen LogP) is 4.14. The number of fused-ring (bicyclic) bond motifs is 1. The maximum atomic E-state index is 8.15. The van der Waals surface area contributed by atoms with Gasteiger partial charge in [0.15, 0.2) is 0 Å². The van der Waals surface area contributed by atoms with E-state index in [9.17, 15) is 0 Å². The van der Waals surface area contributed by atoms with Crippen LogP contribution in [0.2, 0.25) is 0 Å². The monoisotopic (exact) mass is 539 g/mol. The summed E-state index contributed by atoms with van der Waals surface area (Å²) in [5.41, 5.74) is 3.26. The molecule has 5 atom stereocenters. The molecule has 0 aliphatic carbocycles. The Hall–Kier alpha value is -2.51. The van der Waals surface area contributed by atoms with Crippen molar-refractivity contribution < 1.29 is 23.7 Å². The van der Waals surface area contributed by atoms with Gasteiger partial charge in [-0.1, -0.05) is 0 Å². The summed E-state index contributed by atoms with van der Waals surface area (Å²) in [4.78, 5) is 0.286. The molecule has 7 heteroatoms. The fourth-order valence-electron chi connectivity index (χ4n) is 4.28. The third-order valence-corrected chi connectivity index (χ3v) is 7.96. The van der Waals surface area contributed by atoms with Crippen LogP contribution >= 0.6 is 0 Å². The molecule has 0 amide bonds. The summed E-state index contributed by atoms with van der Waals surface area (Å²) >= 11 is -0.207. The minimum absolute atomic E-state index is 0.197. The van der Waals surface area contributed by atoms with Crippen LogP contribution < -0.4 is 0 Å². The summed E-state index contributed by atoms with van der Waals surface area (Å²) in [7, 11) is 0. The number of benzene rings is 3. The Morgan fingerprint density at radius 3 is 1.77 bits per heavy atom. The van der Waals surface area contributed by atoms with Crippen LogP contribution in [0.25, 0.3) is 0 Å². The Kier molecular flexibility index (Phi) is 8.26. The molecule has 2 fully saturated rings. The van der Waals surface area contributed by atoms with Gasteiger partial charge in [-0.2, -0.15) is 0 Å². The van der Waals surface area contributed by atoms with E-state index in [-0.39, 0.29) is 43.1 Å². The molecule has 0 radical (unpaired) electrons. The van der Waals surface area contributed by atoms with Gasteiger partial charge >= 0.3 is 212 Å². The van der Waals surface area contributed by atoms with Crippen LogP contribution in [0.3, 0.4) is 0 Å². The summed E-state index contributed by atoms with van der Waals surface area (Å²) in [5, 5.41) is 7.95. The predicted molar refractivity (Wildman–Crippen MR) is 133 cm³/mol. The average Bonchev–Trinajstić information content (AvgIpc) is 3.28. The standard InChI is InChI=1S/C28H29NO5Se/c29-28-34-26-25(32-18-22-14-8-3-9-15-22)24(31-17-21-12-6-2-7-13-21)23(33-27(26)35-28)19-30-16-20-10-4-1-5-11-20/h1-15,23-27,29H,16-19H2/t23-,24-,25+,26-,27-/m1/s1. The van der Waals surface area contributed by atoms with Crippen LogP contribution in [0, 0.1) is 5.41 Å². The second-order valence-corrected chi connectivity index (χ2v) is 10.8. The van der Waals surface area contributed by atoms with Crippen molar-refractivity contribution in [2.75, 3.05) is 6.61 Å². The third-order valence-electron chi connectivity index (χ3n) is 6.02. The van der Waals surface area contributed by atoms with E-state index in [0.717, 1.165) is 16.7 Å². The maximum absolute atomic E-state index is 8.15. The number of ether oxygens (including phenoxy) is 5. The summed E-state index contributed by atoms with van der Waals surface area (Å²) in [6.07, 6.45) is -1.48. The molecule has 5 rings (SSSR count). The number of nitrogens with one attached hydrogen (secondary N) is 1. The van der Waals surface area contributed by atoms with Gasteiger partial charge in [-0.15, -0.1) is 0 Å². The molecule has 0 saturated carbocycles. The Labute approximate surface area is 212 Å². The van der Waals surface area contributed by atoms with Crippen molar-refractivity contribution in [3.63, 3.8) is 0 Å². The van der Waals surface area contributed by atoms with E-state index in [1.807, 2.05) is 91.0 Å². The van der Waals surface area contributed by atoms with Crippen LogP contribution in [0.1, 0.15) is 16.7 Å². The van der Waals surface area contributed by atoms with E-state index in [4.69, 9.17) is 29.1 Å². The molecule has 182 valence electrons. The van der Waals surface area contributed by atoms with Crippen molar-refractivity contribution in [3.8, 4) is 0 Å². The van der Waals surface area contributed by atoms with Crippen LogP contribution in [0.5, 0.6) is 0 Å². The van der Waals surface area contributed by atoms with Crippen molar-refractivity contribution in [1.82, 2.24) is 0 Å². The number of rotatable bonds is 10. The first-order chi connectivity index (χ1) is 17.3. The summed E-state index contributed by atoms with van der Waals surface area (Å²) in [6.45, 7) is 1.72. The average molecular weight is 539 g/mol. The van der Waals surface area contributed by atoms with E-state index >= 15 is 0 Å². The second kappa shape index (κ2) is 12.0. The first-order valence-electron chi connectivity index (χ1n) is 11.8. The van der Waals surface area contributed by atoms with Gasteiger partial charge < -0.3 is 0 Å². The quantitative estimate of drug-likeness (QED) is 0.393. The van der Waals surface area contributed by atoms with E-state index in [0.29, 0.717) is 26.4 Å². The fraction of sp³-hybridized carbons (Fsp3) is 0.321. The summed E-state index contributed by atoms with van der Waals surface area (Å²) in [5.74, 6) is 0. The number of hydrogen-bond acceptors (Lipinski definition) is 6. The second-order valence-electron chi connectivity index (χ2n) is 8.55. The summed E-state index contributed by atoms with van der Waals surface area (Å²) < 4.78 is 31.3. The SMILES string of the molecule is N=C1O[C@@H]2[C@@H](OCc3ccccc3)[C@H](OCc3ccccc3)[C@@H](COCc3ccccc3)O[C@@H]2[Se]1. The molecule has 0 unspecified atom stereocenters. The summed E-state index contributed by atoms with van der Waals surface area (Å²) in [6, 6.07) is 30.2. The van der Waals surface area contributed by atoms with Gasteiger partial charge in [0.25, 0.3) is 0 Å². The zero-order valence-electron chi connectivity index (χ0n) is 19.3. The first-order valence-corrected chi connectivity index (χ1v) is 13.6. The normalized spacial score (nSPS) is 25.7. The molecular weight excluding hydrogens is 509 g/mol. The van der Waals surface area contributed by atoms with Gasteiger partial charge in [0.05, 0.1) is 0 Å². The van der Waals surface area contributed by atoms with Gasteiger partial charge in [0, 0.05) is 0 Å². The molecule has 3 aromatic carbocycles. The zero-order chi connectivity index (χ0) is 23.9. The van der Waals surface area contributed by atoms with Crippen LogP contribution in [-0.2, 0) is 43.5 Å². The molecular formula is C28H29NO5Se. The van der Waals surface area contributed by atoms with Crippen LogP contribution in [0.4, 0.5) is 0 Å². The van der Waals surface area contributed by atoms with E-state index in [1.165, 1.54) is 0 Å². The van der Waals surface area contributed by atoms with Gasteiger partial charge in [-0.25, -0.2) is 0 Å². The fourth-order valence-corrected chi connectivity index (χ4v) is 6.21. The molecule has 0 aromatic heterocycles. The van der Waals surface area contributed by atoms with Gasteiger partial charge in [0.1, 0.15) is 0 Å². The van der Waals surface area contributed by atoms with Crippen molar-refractivity contribution in [2.24, 2.45) is 0 Å². The zero-order valence-corrected chi connectivity index (χ0v) is 21.0. The molecule has 0 bridgehead atoms. The molecule has 0 spiro atoms. The Morgan fingerprint density at radius 2 is 1.20 bits per heavy atom. The Bertz CT molecular complexity index is 1070. The topological polar surface area (TPSA) is 70.0 Å². The molecule has 2 heterocycles. The minimum atomic E-state index is -0.405. The molecule has 2 aliphatic rings. The molecule has 35 heavy (non-hydrogen) atoms. The Morgan fingerprint density at radius 1 is 0.686 bits per heavy atom. The van der Waals surface area contributed by atoms with Crippen molar-refractivity contribution >= 4 is 19.8 Å². The van der Waals surface area contributed by atoms with Crippen LogP contribution in [0.15, 0.2) is 91.0 Å². The molecule has 2 aliphatic heterocycles. The van der Waals surface area contributed by atoms with E-state index in [1.54, 1.807) is 0 Å². The molecule has 1 N–H and O–H groups in total. The first kappa shape index (κ1) is 24.2. The number of hydrogen-bond donors (Lipinski definition) is 1. The van der Waals surface area contributed by atoms with Gasteiger partial charge in [0.2, 0.25) is 0 Å². The molecule has 6 nitrogen and oxygen atoms in total. The Balaban J connectivity index is 1.33. The van der Waals surface area contributed by atoms with Gasteiger partial charge in [-0.3, -0.25) is 0 Å². The van der Waals surface area contributed by atoms with Crippen molar-refractivity contribution in [2.45, 2.75) is 49.2 Å². The van der Waals surface area contributed by atoms with Gasteiger partial charge in [-0.05, 0) is 0 Å². The van der Waals surface area contributed by atoms with Crippen molar-refractivity contribution in [1.29, 1.82) is 5.41 Å². The molecule has 2 saturated heterocycles. The third kappa shape index (κ3) is 6.38. The van der Waals surface area contributed by atoms with E-state index < -0.39 is 6.10 Å². The van der Waals surface area contributed by atoms with Crippen LogP contribution in [-0.4, -0.2) is 55.8 Å². The van der Waals surface area contributed by atoms with E-state index in [2.05, 4.69) is 0 Å².